The molecule has 3 heteroatoms. The van der Waals surface area contributed by atoms with E-state index in [1.54, 1.807) is 13.0 Å². The van der Waals surface area contributed by atoms with Crippen molar-refractivity contribution in [1.29, 1.82) is 0 Å². The molecule has 1 aromatic carbocycles. The van der Waals surface area contributed by atoms with Crippen molar-refractivity contribution in [2.24, 2.45) is 11.1 Å². The lowest BCUT2D eigenvalue weighted by Gasteiger charge is -2.15. The Morgan fingerprint density at radius 3 is 2.32 bits per heavy atom. The fourth-order valence-corrected chi connectivity index (χ4v) is 2.11. The second kappa shape index (κ2) is 8.32. The van der Waals surface area contributed by atoms with Crippen LogP contribution in [0.3, 0.4) is 0 Å². The maximum atomic E-state index is 10.4. The van der Waals surface area contributed by atoms with Crippen LogP contribution in [0.15, 0.2) is 59.8 Å². The molecule has 3 nitrogen and oxygen atoms in total. The third kappa shape index (κ3) is 5.32. The Balaban J connectivity index is 2.79. The third-order valence-electron chi connectivity index (χ3n) is 3.62. The number of nitroso groups, excluding NO2 is 1. The van der Waals surface area contributed by atoms with Crippen LogP contribution in [0.25, 0.3) is 5.57 Å². The van der Waals surface area contributed by atoms with Gasteiger partial charge in [0, 0.05) is 19.8 Å². The van der Waals surface area contributed by atoms with Crippen LogP contribution < -0.4 is 4.90 Å². The van der Waals surface area contributed by atoms with Crippen LogP contribution in [-0.2, 0) is 0 Å². The summed E-state index contributed by atoms with van der Waals surface area (Å²) < 4.78 is 0. The molecule has 0 saturated heterocycles. The number of hydrogen-bond acceptors (Lipinski definition) is 3. The Labute approximate surface area is 134 Å². The fourth-order valence-electron chi connectivity index (χ4n) is 2.11. The van der Waals surface area contributed by atoms with Gasteiger partial charge < -0.3 is 4.90 Å². The van der Waals surface area contributed by atoms with Crippen molar-refractivity contribution in [1.82, 2.24) is 0 Å². The number of allylic oxidation sites excluding steroid dienone is 4. The zero-order valence-corrected chi connectivity index (χ0v) is 14.2. The average molecular weight is 298 g/mol. The van der Waals surface area contributed by atoms with Gasteiger partial charge in [0.2, 0.25) is 0 Å². The molecule has 118 valence electrons. The van der Waals surface area contributed by atoms with Gasteiger partial charge in [-0.05, 0) is 43.0 Å². The molecule has 0 radical (unpaired) electrons. The number of benzene rings is 1. The summed E-state index contributed by atoms with van der Waals surface area (Å²) in [6.07, 6.45) is 5.89. The van der Waals surface area contributed by atoms with E-state index in [0.29, 0.717) is 0 Å². The topological polar surface area (TPSA) is 32.7 Å². The minimum atomic E-state index is -0.291. The predicted molar refractivity (Wildman–Crippen MR) is 97.1 cm³/mol. The summed E-state index contributed by atoms with van der Waals surface area (Å²) in [5.74, 6) is 0.231. The highest BCUT2D eigenvalue weighted by atomic mass is 16.3. The van der Waals surface area contributed by atoms with E-state index in [1.165, 1.54) is 5.69 Å². The Hall–Kier alpha value is -2.16. The third-order valence-corrected chi connectivity index (χ3v) is 3.62. The first-order valence-electron chi connectivity index (χ1n) is 7.50. The normalized spacial score (nSPS) is 14.7. The molecule has 0 aliphatic carbocycles. The number of anilines is 1. The highest BCUT2D eigenvalue weighted by Crippen LogP contribution is 2.25. The Kier molecular flexibility index (Phi) is 6.77. The van der Waals surface area contributed by atoms with Gasteiger partial charge in [-0.2, -0.15) is 4.91 Å². The van der Waals surface area contributed by atoms with E-state index in [2.05, 4.69) is 53.9 Å². The molecule has 0 saturated carbocycles. The quantitative estimate of drug-likeness (QED) is 0.520. The van der Waals surface area contributed by atoms with Crippen molar-refractivity contribution in [2.75, 3.05) is 19.0 Å². The molecule has 22 heavy (non-hydrogen) atoms. The lowest BCUT2D eigenvalue weighted by atomic mass is 9.93. The highest BCUT2D eigenvalue weighted by Gasteiger charge is 2.07. The molecule has 0 aliphatic heterocycles. The standard InChI is InChI=1S/C19H26N2O/c1-14(7-8-16(3)20-22)13-15(2)17(4)18-9-11-19(12-10-18)21(5)6/h7-13,15-16H,4H2,1-3,5-6H3/t15-,16?/m0/s1. The lowest BCUT2D eigenvalue weighted by molar-refractivity contribution is 0.912. The number of rotatable bonds is 7. The Morgan fingerprint density at radius 2 is 1.82 bits per heavy atom. The molecule has 0 spiro atoms. The van der Waals surface area contributed by atoms with Crippen LogP contribution in [0.2, 0.25) is 0 Å². The van der Waals surface area contributed by atoms with Crippen molar-refractivity contribution in [3.8, 4) is 0 Å². The molecule has 1 aromatic rings. The van der Waals surface area contributed by atoms with Crippen LogP contribution in [0.5, 0.6) is 0 Å². The molecule has 2 atom stereocenters. The number of hydrogen-bond donors (Lipinski definition) is 0. The smallest absolute Gasteiger partial charge is 0.107 e. The molecule has 0 aliphatic rings. The monoisotopic (exact) mass is 298 g/mol. The summed E-state index contributed by atoms with van der Waals surface area (Å²) in [5.41, 5.74) is 4.51. The van der Waals surface area contributed by atoms with Crippen LogP contribution in [0.1, 0.15) is 26.3 Å². The van der Waals surface area contributed by atoms with E-state index in [-0.39, 0.29) is 12.0 Å². The second-order valence-corrected chi connectivity index (χ2v) is 5.87. The van der Waals surface area contributed by atoms with Gasteiger partial charge >= 0.3 is 0 Å². The minimum Gasteiger partial charge on any atom is -0.378 e. The molecular weight excluding hydrogens is 272 g/mol. The minimum absolute atomic E-state index is 0.231. The predicted octanol–water partition coefficient (Wildman–Crippen LogP) is 5.06. The molecule has 0 heterocycles. The molecule has 1 unspecified atom stereocenters. The molecule has 0 N–H and O–H groups in total. The van der Waals surface area contributed by atoms with Crippen molar-refractivity contribution < 1.29 is 0 Å². The average Bonchev–Trinajstić information content (AvgIpc) is 2.51. The van der Waals surface area contributed by atoms with E-state index in [1.807, 2.05) is 27.1 Å². The van der Waals surface area contributed by atoms with Gasteiger partial charge in [0.05, 0.1) is 0 Å². The second-order valence-electron chi connectivity index (χ2n) is 5.87. The van der Waals surface area contributed by atoms with Gasteiger partial charge in [0.1, 0.15) is 6.04 Å². The SMILES string of the molecule is C=C(c1ccc(N(C)C)cc1)[C@@H](C)C=C(C)C=CC(C)N=O. The summed E-state index contributed by atoms with van der Waals surface area (Å²) in [4.78, 5) is 12.4. The van der Waals surface area contributed by atoms with Crippen LogP contribution >= 0.6 is 0 Å². The zero-order chi connectivity index (χ0) is 16.7. The first kappa shape index (κ1) is 17.9. The van der Waals surface area contributed by atoms with E-state index < -0.39 is 0 Å². The summed E-state index contributed by atoms with van der Waals surface area (Å²) in [5, 5.41) is 2.96. The highest BCUT2D eigenvalue weighted by molar-refractivity contribution is 5.68. The molecule has 0 aromatic heterocycles. The molecule has 0 fully saturated rings. The summed E-state index contributed by atoms with van der Waals surface area (Å²) in [6.45, 7) is 10.1. The first-order valence-corrected chi connectivity index (χ1v) is 7.50. The van der Waals surface area contributed by atoms with Crippen LogP contribution in [0.4, 0.5) is 5.69 Å². The van der Waals surface area contributed by atoms with Gasteiger partial charge in [-0.25, -0.2) is 0 Å². The Morgan fingerprint density at radius 1 is 1.23 bits per heavy atom. The van der Waals surface area contributed by atoms with E-state index in [4.69, 9.17) is 0 Å². The zero-order valence-electron chi connectivity index (χ0n) is 14.2. The summed E-state index contributed by atoms with van der Waals surface area (Å²) >= 11 is 0. The molecular formula is C19H26N2O. The summed E-state index contributed by atoms with van der Waals surface area (Å²) in [6, 6.07) is 8.11. The van der Waals surface area contributed by atoms with Crippen molar-refractivity contribution in [2.45, 2.75) is 26.8 Å². The van der Waals surface area contributed by atoms with E-state index in [0.717, 1.165) is 16.7 Å². The van der Waals surface area contributed by atoms with Gasteiger partial charge in [0.15, 0.2) is 0 Å². The largest absolute Gasteiger partial charge is 0.378 e. The van der Waals surface area contributed by atoms with Crippen LogP contribution in [0, 0.1) is 10.8 Å². The van der Waals surface area contributed by atoms with Gasteiger partial charge in [-0.1, -0.05) is 54.6 Å². The summed E-state index contributed by atoms with van der Waals surface area (Å²) in [7, 11) is 4.06. The molecule has 1 rings (SSSR count). The first-order chi connectivity index (χ1) is 10.3. The fraction of sp³-hybridized carbons (Fsp3) is 0.368. The van der Waals surface area contributed by atoms with Gasteiger partial charge in [-0.15, -0.1) is 0 Å². The maximum Gasteiger partial charge on any atom is 0.107 e. The molecule has 0 amide bonds. The van der Waals surface area contributed by atoms with Crippen molar-refractivity contribution in [3.63, 3.8) is 0 Å². The van der Waals surface area contributed by atoms with Crippen molar-refractivity contribution in [3.05, 3.63) is 65.1 Å². The maximum absolute atomic E-state index is 10.4. The van der Waals surface area contributed by atoms with E-state index >= 15 is 0 Å². The van der Waals surface area contributed by atoms with Gasteiger partial charge in [-0.3, -0.25) is 0 Å². The van der Waals surface area contributed by atoms with Crippen molar-refractivity contribution >= 4 is 11.3 Å². The Bertz CT molecular complexity index is 568. The molecule has 0 bridgehead atoms. The van der Waals surface area contributed by atoms with E-state index in [9.17, 15) is 4.91 Å². The lowest BCUT2D eigenvalue weighted by Crippen LogP contribution is -2.08. The number of nitrogens with zero attached hydrogens (tertiary/aromatic N) is 2. The van der Waals surface area contributed by atoms with Crippen LogP contribution in [-0.4, -0.2) is 20.1 Å². The van der Waals surface area contributed by atoms with Gasteiger partial charge in [0.25, 0.3) is 0 Å².